The highest BCUT2D eigenvalue weighted by atomic mass is 32.2. The molecule has 1 aliphatic rings. The van der Waals surface area contributed by atoms with E-state index >= 15 is 0 Å². The SMILES string of the molecule is CN(C)S(=O)(=O)n1cncc1CNc1ccc(F)c(C2OCCO2)c1F. The van der Waals surface area contributed by atoms with Crippen molar-refractivity contribution in [3.05, 3.63) is 47.5 Å². The Hall–Kier alpha value is -2.08. The molecule has 2 aromatic rings. The third-order valence-electron chi connectivity index (χ3n) is 3.83. The van der Waals surface area contributed by atoms with Crippen molar-refractivity contribution in [1.82, 2.24) is 13.3 Å². The minimum atomic E-state index is -3.75. The molecule has 0 unspecified atom stereocenters. The number of nitrogens with one attached hydrogen (secondary N) is 1. The van der Waals surface area contributed by atoms with Gasteiger partial charge in [-0.3, -0.25) is 0 Å². The summed E-state index contributed by atoms with van der Waals surface area (Å²) < 4.78 is 65.4. The first-order chi connectivity index (χ1) is 12.3. The van der Waals surface area contributed by atoms with Crippen LogP contribution in [-0.2, 0) is 26.2 Å². The number of rotatable bonds is 6. The van der Waals surface area contributed by atoms with Gasteiger partial charge in [0, 0.05) is 14.1 Å². The van der Waals surface area contributed by atoms with Crippen molar-refractivity contribution in [3.8, 4) is 0 Å². The number of ether oxygens (including phenoxy) is 2. The van der Waals surface area contributed by atoms with Gasteiger partial charge in [0.2, 0.25) is 0 Å². The fourth-order valence-electron chi connectivity index (χ4n) is 2.45. The number of nitrogens with zero attached hydrogens (tertiary/aromatic N) is 3. The van der Waals surface area contributed by atoms with Gasteiger partial charge < -0.3 is 14.8 Å². The monoisotopic (exact) mass is 388 g/mol. The molecule has 1 fully saturated rings. The molecule has 3 rings (SSSR count). The normalized spacial score (nSPS) is 15.7. The minimum Gasteiger partial charge on any atom is -0.377 e. The average molecular weight is 388 g/mol. The van der Waals surface area contributed by atoms with Crippen LogP contribution in [0.25, 0.3) is 0 Å². The Balaban J connectivity index is 1.84. The zero-order valence-electron chi connectivity index (χ0n) is 14.1. The Labute approximate surface area is 149 Å². The van der Waals surface area contributed by atoms with E-state index in [-0.39, 0.29) is 36.7 Å². The van der Waals surface area contributed by atoms with Crippen LogP contribution < -0.4 is 5.32 Å². The van der Waals surface area contributed by atoms with E-state index in [1.54, 1.807) is 0 Å². The second kappa shape index (κ2) is 7.27. The van der Waals surface area contributed by atoms with E-state index < -0.39 is 28.1 Å². The lowest BCUT2D eigenvalue weighted by molar-refractivity contribution is -0.0488. The molecule has 0 atom stereocenters. The number of imidazole rings is 1. The highest BCUT2D eigenvalue weighted by Crippen LogP contribution is 2.31. The summed E-state index contributed by atoms with van der Waals surface area (Å²) in [5.41, 5.74) is -0.0326. The number of halogens is 2. The Morgan fingerprint density at radius 1 is 1.31 bits per heavy atom. The van der Waals surface area contributed by atoms with Crippen molar-refractivity contribution in [2.75, 3.05) is 32.6 Å². The summed E-state index contributed by atoms with van der Waals surface area (Å²) in [7, 11) is -0.975. The van der Waals surface area contributed by atoms with Crippen molar-refractivity contribution in [3.63, 3.8) is 0 Å². The van der Waals surface area contributed by atoms with Gasteiger partial charge in [-0.25, -0.2) is 17.7 Å². The van der Waals surface area contributed by atoms with Crippen LogP contribution >= 0.6 is 0 Å². The van der Waals surface area contributed by atoms with E-state index in [0.29, 0.717) is 0 Å². The van der Waals surface area contributed by atoms with Crippen LogP contribution in [0.5, 0.6) is 0 Å². The second-order valence-corrected chi connectivity index (χ2v) is 7.74. The molecule has 0 amide bonds. The molecule has 0 bridgehead atoms. The Bertz CT molecular complexity index is 895. The molecule has 1 aliphatic heterocycles. The molecular weight excluding hydrogens is 370 g/mol. The lowest BCUT2D eigenvalue weighted by Crippen LogP contribution is -2.30. The van der Waals surface area contributed by atoms with Crippen molar-refractivity contribution < 1.29 is 26.7 Å². The molecule has 142 valence electrons. The molecule has 1 aromatic heterocycles. The average Bonchev–Trinajstić information content (AvgIpc) is 3.25. The van der Waals surface area contributed by atoms with Crippen molar-refractivity contribution in [1.29, 1.82) is 0 Å². The Morgan fingerprint density at radius 2 is 2.00 bits per heavy atom. The van der Waals surface area contributed by atoms with Crippen LogP contribution in [0, 0.1) is 11.6 Å². The summed E-state index contributed by atoms with van der Waals surface area (Å²) in [6, 6.07) is 2.32. The van der Waals surface area contributed by atoms with Gasteiger partial charge >= 0.3 is 10.2 Å². The number of hydrogen-bond donors (Lipinski definition) is 1. The van der Waals surface area contributed by atoms with Gasteiger partial charge in [-0.1, -0.05) is 0 Å². The molecule has 1 N–H and O–H groups in total. The number of hydrogen-bond acceptors (Lipinski definition) is 6. The van der Waals surface area contributed by atoms with Crippen LogP contribution in [0.3, 0.4) is 0 Å². The summed E-state index contributed by atoms with van der Waals surface area (Å²) in [5, 5.41) is 2.76. The molecule has 0 radical (unpaired) electrons. The van der Waals surface area contributed by atoms with E-state index in [1.165, 1.54) is 26.4 Å². The van der Waals surface area contributed by atoms with Crippen LogP contribution in [0.1, 0.15) is 17.5 Å². The van der Waals surface area contributed by atoms with Gasteiger partial charge in [0.15, 0.2) is 12.1 Å². The number of aromatic nitrogens is 2. The first-order valence-electron chi connectivity index (χ1n) is 7.71. The van der Waals surface area contributed by atoms with Gasteiger partial charge in [-0.05, 0) is 12.1 Å². The summed E-state index contributed by atoms with van der Waals surface area (Å²) in [6.45, 7) is 0.465. The number of anilines is 1. The first-order valence-corrected chi connectivity index (χ1v) is 9.11. The lowest BCUT2D eigenvalue weighted by atomic mass is 10.1. The fourth-order valence-corrected chi connectivity index (χ4v) is 3.38. The van der Waals surface area contributed by atoms with E-state index in [4.69, 9.17) is 9.47 Å². The quantitative estimate of drug-likeness (QED) is 0.807. The predicted molar refractivity (Wildman–Crippen MR) is 88.6 cm³/mol. The maximum absolute atomic E-state index is 14.7. The third-order valence-corrected chi connectivity index (χ3v) is 5.58. The molecule has 11 heteroatoms. The molecular formula is C15H18F2N4O4S. The van der Waals surface area contributed by atoms with Gasteiger partial charge in [0.1, 0.15) is 12.1 Å². The van der Waals surface area contributed by atoms with E-state index in [2.05, 4.69) is 10.3 Å². The highest BCUT2D eigenvalue weighted by Gasteiger charge is 2.27. The van der Waals surface area contributed by atoms with E-state index in [1.807, 2.05) is 0 Å². The summed E-state index contributed by atoms with van der Waals surface area (Å²) >= 11 is 0. The molecule has 0 aliphatic carbocycles. The van der Waals surface area contributed by atoms with Crippen LogP contribution in [-0.4, -0.2) is 49.0 Å². The summed E-state index contributed by atoms with van der Waals surface area (Å²) in [5.74, 6) is -1.63. The molecule has 2 heterocycles. The third kappa shape index (κ3) is 3.43. The topological polar surface area (TPSA) is 85.7 Å². The zero-order valence-corrected chi connectivity index (χ0v) is 15.0. The van der Waals surface area contributed by atoms with Gasteiger partial charge in [-0.2, -0.15) is 12.7 Å². The summed E-state index contributed by atoms with van der Waals surface area (Å²) in [6.07, 6.45) is 1.40. The minimum absolute atomic E-state index is 0.00417. The van der Waals surface area contributed by atoms with Crippen molar-refractivity contribution in [2.24, 2.45) is 0 Å². The van der Waals surface area contributed by atoms with Crippen molar-refractivity contribution >= 4 is 15.9 Å². The maximum Gasteiger partial charge on any atom is 0.308 e. The van der Waals surface area contributed by atoms with Gasteiger partial charge in [-0.15, -0.1) is 0 Å². The lowest BCUT2D eigenvalue weighted by Gasteiger charge is -2.17. The van der Waals surface area contributed by atoms with Gasteiger partial charge in [0.05, 0.1) is 42.9 Å². The molecule has 0 spiro atoms. The van der Waals surface area contributed by atoms with Gasteiger partial charge in [0.25, 0.3) is 0 Å². The van der Waals surface area contributed by atoms with Crippen molar-refractivity contribution in [2.45, 2.75) is 12.8 Å². The Kier molecular flexibility index (Phi) is 5.23. The maximum atomic E-state index is 14.7. The first kappa shape index (κ1) is 18.7. The largest absolute Gasteiger partial charge is 0.377 e. The zero-order chi connectivity index (χ0) is 18.9. The molecule has 1 aromatic carbocycles. The second-order valence-electron chi connectivity index (χ2n) is 5.72. The van der Waals surface area contributed by atoms with E-state index in [0.717, 1.165) is 20.7 Å². The number of benzene rings is 1. The molecule has 1 saturated heterocycles. The van der Waals surface area contributed by atoms with Crippen LogP contribution in [0.4, 0.5) is 14.5 Å². The van der Waals surface area contributed by atoms with E-state index in [9.17, 15) is 17.2 Å². The van der Waals surface area contributed by atoms with Crippen LogP contribution in [0.2, 0.25) is 0 Å². The smallest absolute Gasteiger partial charge is 0.308 e. The molecule has 8 nitrogen and oxygen atoms in total. The van der Waals surface area contributed by atoms with Crippen LogP contribution in [0.15, 0.2) is 24.7 Å². The summed E-state index contributed by atoms with van der Waals surface area (Å²) in [4.78, 5) is 3.82. The molecule has 0 saturated carbocycles. The Morgan fingerprint density at radius 3 is 2.65 bits per heavy atom. The highest BCUT2D eigenvalue weighted by molar-refractivity contribution is 7.87. The molecule has 26 heavy (non-hydrogen) atoms. The predicted octanol–water partition coefficient (Wildman–Crippen LogP) is 1.47. The fraction of sp³-hybridized carbons (Fsp3) is 0.400. The standard InChI is InChI=1S/C15H18F2N4O4S/c1-20(2)26(22,23)21-9-18-7-10(21)8-19-12-4-3-11(16)13(14(12)17)15-24-5-6-25-15/h3-4,7,9,15,19H,5-6,8H2,1-2H3.